The van der Waals surface area contributed by atoms with Gasteiger partial charge < -0.3 is 9.64 Å². The number of amides is 1. The van der Waals surface area contributed by atoms with Crippen LogP contribution in [0.2, 0.25) is 5.02 Å². The van der Waals surface area contributed by atoms with Gasteiger partial charge in [-0.15, -0.1) is 0 Å². The summed E-state index contributed by atoms with van der Waals surface area (Å²) in [5.74, 6) is 0.650. The van der Waals surface area contributed by atoms with Gasteiger partial charge in [-0.1, -0.05) is 35.9 Å². The third-order valence-electron chi connectivity index (χ3n) is 3.36. The maximum absolute atomic E-state index is 12.4. The Morgan fingerprint density at radius 3 is 2.55 bits per heavy atom. The quantitative estimate of drug-likeness (QED) is 0.831. The zero-order valence-corrected chi connectivity index (χ0v) is 13.8. The third-order valence-corrected chi connectivity index (χ3v) is 3.61. The zero-order chi connectivity index (χ0) is 16.1. The molecule has 0 spiro atoms. The standard InChI is InChI=1S/C18H20ClNO2/c1-13-5-4-6-17(11-13)22-14(2)18(21)20(3)12-15-7-9-16(19)10-8-15/h4-11,14H,12H2,1-3H3. The lowest BCUT2D eigenvalue weighted by atomic mass is 10.2. The number of benzene rings is 2. The van der Waals surface area contributed by atoms with Gasteiger partial charge in [0.25, 0.3) is 5.91 Å². The second kappa shape index (κ2) is 7.32. The lowest BCUT2D eigenvalue weighted by molar-refractivity contribution is -0.137. The molecule has 0 aliphatic heterocycles. The number of nitrogens with zero attached hydrogens (tertiary/aromatic N) is 1. The molecule has 0 aliphatic carbocycles. The van der Waals surface area contributed by atoms with E-state index in [0.29, 0.717) is 17.3 Å². The number of rotatable bonds is 5. The number of likely N-dealkylation sites (N-methyl/N-ethyl adjacent to an activating group) is 1. The summed E-state index contributed by atoms with van der Waals surface area (Å²) in [5.41, 5.74) is 2.13. The van der Waals surface area contributed by atoms with E-state index >= 15 is 0 Å². The first-order valence-corrected chi connectivity index (χ1v) is 7.56. The number of hydrogen-bond donors (Lipinski definition) is 0. The largest absolute Gasteiger partial charge is 0.481 e. The summed E-state index contributed by atoms with van der Waals surface area (Å²) in [6, 6.07) is 15.2. The predicted molar refractivity (Wildman–Crippen MR) is 89.2 cm³/mol. The molecule has 4 heteroatoms. The van der Waals surface area contributed by atoms with Crippen LogP contribution in [-0.4, -0.2) is 24.0 Å². The van der Waals surface area contributed by atoms with Gasteiger partial charge in [0.05, 0.1) is 0 Å². The van der Waals surface area contributed by atoms with Gasteiger partial charge in [0.1, 0.15) is 5.75 Å². The van der Waals surface area contributed by atoms with Crippen LogP contribution in [0.25, 0.3) is 0 Å². The van der Waals surface area contributed by atoms with Gasteiger partial charge in [0.15, 0.2) is 6.10 Å². The fourth-order valence-corrected chi connectivity index (χ4v) is 2.32. The summed E-state index contributed by atoms with van der Waals surface area (Å²) < 4.78 is 5.72. The average Bonchev–Trinajstić information content (AvgIpc) is 2.48. The highest BCUT2D eigenvalue weighted by molar-refractivity contribution is 6.30. The van der Waals surface area contributed by atoms with Crippen molar-refractivity contribution in [3.63, 3.8) is 0 Å². The SMILES string of the molecule is Cc1cccc(OC(C)C(=O)N(C)Cc2ccc(Cl)cc2)c1. The number of carbonyl (C=O) groups is 1. The van der Waals surface area contributed by atoms with E-state index in [1.165, 1.54) is 0 Å². The first-order chi connectivity index (χ1) is 10.5. The maximum Gasteiger partial charge on any atom is 0.263 e. The molecule has 0 aliphatic rings. The second-order valence-electron chi connectivity index (χ2n) is 5.40. The van der Waals surface area contributed by atoms with E-state index in [1.807, 2.05) is 55.5 Å². The van der Waals surface area contributed by atoms with Gasteiger partial charge >= 0.3 is 0 Å². The molecule has 1 unspecified atom stereocenters. The number of hydrogen-bond acceptors (Lipinski definition) is 2. The normalized spacial score (nSPS) is 11.8. The van der Waals surface area contributed by atoms with Crippen molar-refractivity contribution >= 4 is 17.5 Å². The Hall–Kier alpha value is -2.00. The highest BCUT2D eigenvalue weighted by Crippen LogP contribution is 2.16. The summed E-state index contributed by atoms with van der Waals surface area (Å²) in [7, 11) is 1.77. The Bertz CT molecular complexity index is 640. The van der Waals surface area contributed by atoms with Gasteiger partial charge in [0.2, 0.25) is 0 Å². The van der Waals surface area contributed by atoms with Crippen LogP contribution in [0.15, 0.2) is 48.5 Å². The van der Waals surface area contributed by atoms with Crippen LogP contribution in [0.4, 0.5) is 0 Å². The maximum atomic E-state index is 12.4. The lowest BCUT2D eigenvalue weighted by Gasteiger charge is -2.22. The van der Waals surface area contributed by atoms with Gasteiger partial charge in [0, 0.05) is 18.6 Å². The smallest absolute Gasteiger partial charge is 0.263 e. The molecule has 0 heterocycles. The van der Waals surface area contributed by atoms with Crippen LogP contribution in [-0.2, 0) is 11.3 Å². The van der Waals surface area contributed by atoms with Crippen molar-refractivity contribution in [2.75, 3.05) is 7.05 Å². The van der Waals surface area contributed by atoms with Crippen LogP contribution in [0.3, 0.4) is 0 Å². The van der Waals surface area contributed by atoms with Gasteiger partial charge in [-0.05, 0) is 49.2 Å². The van der Waals surface area contributed by atoms with E-state index in [1.54, 1.807) is 18.9 Å². The molecule has 0 aromatic heterocycles. The van der Waals surface area contributed by atoms with Crippen LogP contribution in [0.5, 0.6) is 5.75 Å². The van der Waals surface area contributed by atoms with Crippen molar-refractivity contribution in [2.24, 2.45) is 0 Å². The average molecular weight is 318 g/mol. The molecule has 0 saturated carbocycles. The van der Waals surface area contributed by atoms with Crippen LogP contribution < -0.4 is 4.74 Å². The Kier molecular flexibility index (Phi) is 5.45. The fourth-order valence-electron chi connectivity index (χ4n) is 2.20. The number of carbonyl (C=O) groups excluding carboxylic acids is 1. The number of aryl methyl sites for hydroxylation is 1. The molecule has 116 valence electrons. The Balaban J connectivity index is 1.96. The van der Waals surface area contributed by atoms with E-state index in [2.05, 4.69) is 0 Å². The molecule has 0 N–H and O–H groups in total. The molecule has 0 fully saturated rings. The zero-order valence-electron chi connectivity index (χ0n) is 13.0. The van der Waals surface area contributed by atoms with Crippen molar-refractivity contribution < 1.29 is 9.53 Å². The monoisotopic (exact) mass is 317 g/mol. The van der Waals surface area contributed by atoms with Crippen molar-refractivity contribution in [1.29, 1.82) is 0 Å². The lowest BCUT2D eigenvalue weighted by Crippen LogP contribution is -2.37. The van der Waals surface area contributed by atoms with Crippen molar-refractivity contribution in [2.45, 2.75) is 26.5 Å². The highest BCUT2D eigenvalue weighted by Gasteiger charge is 2.19. The minimum absolute atomic E-state index is 0.0588. The fraction of sp³-hybridized carbons (Fsp3) is 0.278. The molecule has 1 amide bonds. The minimum Gasteiger partial charge on any atom is -0.481 e. The number of halogens is 1. The predicted octanol–water partition coefficient (Wildman–Crippen LogP) is 4.07. The van der Waals surface area contributed by atoms with Gasteiger partial charge in [-0.2, -0.15) is 0 Å². The Morgan fingerprint density at radius 1 is 1.23 bits per heavy atom. The second-order valence-corrected chi connectivity index (χ2v) is 5.83. The summed E-state index contributed by atoms with van der Waals surface area (Å²) in [5, 5.41) is 0.689. The third kappa shape index (κ3) is 4.50. The molecule has 1 atom stereocenters. The minimum atomic E-state index is -0.529. The van der Waals surface area contributed by atoms with E-state index in [-0.39, 0.29) is 5.91 Å². The summed E-state index contributed by atoms with van der Waals surface area (Å²) >= 11 is 5.86. The van der Waals surface area contributed by atoms with Crippen LogP contribution in [0, 0.1) is 6.92 Å². The first-order valence-electron chi connectivity index (χ1n) is 7.18. The topological polar surface area (TPSA) is 29.5 Å². The molecule has 0 saturated heterocycles. The molecular formula is C18H20ClNO2. The Morgan fingerprint density at radius 2 is 1.91 bits per heavy atom. The Labute approximate surface area is 136 Å². The van der Waals surface area contributed by atoms with E-state index in [9.17, 15) is 4.79 Å². The number of ether oxygens (including phenoxy) is 1. The van der Waals surface area contributed by atoms with E-state index in [0.717, 1.165) is 11.1 Å². The first kappa shape index (κ1) is 16.4. The van der Waals surface area contributed by atoms with Crippen LogP contribution >= 0.6 is 11.6 Å². The molecule has 2 rings (SSSR count). The van der Waals surface area contributed by atoms with Gasteiger partial charge in [-0.25, -0.2) is 0 Å². The molecule has 0 radical (unpaired) electrons. The van der Waals surface area contributed by atoms with Crippen molar-refractivity contribution in [3.05, 3.63) is 64.7 Å². The van der Waals surface area contributed by atoms with E-state index in [4.69, 9.17) is 16.3 Å². The summed E-state index contributed by atoms with van der Waals surface area (Å²) in [6.45, 7) is 4.28. The van der Waals surface area contributed by atoms with Crippen molar-refractivity contribution in [3.8, 4) is 5.75 Å². The molecule has 0 bridgehead atoms. The molecular weight excluding hydrogens is 298 g/mol. The highest BCUT2D eigenvalue weighted by atomic mass is 35.5. The summed E-state index contributed by atoms with van der Waals surface area (Å²) in [6.07, 6.45) is -0.529. The van der Waals surface area contributed by atoms with Gasteiger partial charge in [-0.3, -0.25) is 4.79 Å². The van der Waals surface area contributed by atoms with Crippen LogP contribution in [0.1, 0.15) is 18.1 Å². The van der Waals surface area contributed by atoms with Crippen molar-refractivity contribution in [1.82, 2.24) is 4.90 Å². The summed E-state index contributed by atoms with van der Waals surface area (Å²) in [4.78, 5) is 14.0. The molecule has 2 aromatic carbocycles. The molecule has 2 aromatic rings. The van der Waals surface area contributed by atoms with E-state index < -0.39 is 6.10 Å². The molecule has 3 nitrogen and oxygen atoms in total. The molecule has 22 heavy (non-hydrogen) atoms.